The SMILES string of the molecule is CCNC(=NCCC(OCC)C(C)C)NCCOCCS(C)(=O)=O. The lowest BCUT2D eigenvalue weighted by Crippen LogP contribution is -2.39. The molecule has 144 valence electrons. The first-order valence-electron chi connectivity index (χ1n) is 8.69. The van der Waals surface area contributed by atoms with Crippen molar-refractivity contribution >= 4 is 15.8 Å². The molecule has 1 atom stereocenters. The molecule has 8 heteroatoms. The van der Waals surface area contributed by atoms with Gasteiger partial charge < -0.3 is 20.1 Å². The second-order valence-electron chi connectivity index (χ2n) is 5.96. The minimum atomic E-state index is -2.96. The van der Waals surface area contributed by atoms with E-state index in [0.717, 1.165) is 25.5 Å². The molecular formula is C16H35N3O4S. The molecule has 0 aromatic rings. The first-order chi connectivity index (χ1) is 11.3. The van der Waals surface area contributed by atoms with E-state index in [1.54, 1.807) is 0 Å². The van der Waals surface area contributed by atoms with Gasteiger partial charge >= 0.3 is 0 Å². The Balaban J connectivity index is 4.10. The zero-order valence-electron chi connectivity index (χ0n) is 15.8. The lowest BCUT2D eigenvalue weighted by molar-refractivity contribution is 0.0266. The quantitative estimate of drug-likeness (QED) is 0.288. The molecule has 0 aromatic carbocycles. The molecule has 1 unspecified atom stereocenters. The molecule has 0 aliphatic rings. The highest BCUT2D eigenvalue weighted by Gasteiger charge is 2.12. The molecule has 24 heavy (non-hydrogen) atoms. The Bertz CT molecular complexity index is 439. The van der Waals surface area contributed by atoms with Crippen LogP contribution in [-0.2, 0) is 19.3 Å². The van der Waals surface area contributed by atoms with E-state index in [0.29, 0.717) is 25.6 Å². The van der Waals surface area contributed by atoms with E-state index in [1.165, 1.54) is 6.26 Å². The van der Waals surface area contributed by atoms with Gasteiger partial charge in [-0.3, -0.25) is 4.99 Å². The Morgan fingerprint density at radius 1 is 1.17 bits per heavy atom. The fraction of sp³-hybridized carbons (Fsp3) is 0.938. The minimum Gasteiger partial charge on any atom is -0.379 e. The van der Waals surface area contributed by atoms with Crippen molar-refractivity contribution in [2.45, 2.75) is 40.2 Å². The van der Waals surface area contributed by atoms with Gasteiger partial charge in [-0.1, -0.05) is 13.8 Å². The van der Waals surface area contributed by atoms with Gasteiger partial charge in [0.05, 0.1) is 25.1 Å². The topological polar surface area (TPSA) is 89.0 Å². The van der Waals surface area contributed by atoms with Gasteiger partial charge in [0.2, 0.25) is 0 Å². The maximum atomic E-state index is 11.0. The number of aliphatic imine (C=N–C) groups is 1. The molecule has 0 saturated heterocycles. The molecule has 0 amide bonds. The highest BCUT2D eigenvalue weighted by molar-refractivity contribution is 7.90. The van der Waals surface area contributed by atoms with Crippen molar-refractivity contribution in [3.05, 3.63) is 0 Å². The van der Waals surface area contributed by atoms with E-state index in [9.17, 15) is 8.42 Å². The summed E-state index contributed by atoms with van der Waals surface area (Å²) in [5, 5.41) is 6.36. The third-order valence-corrected chi connectivity index (χ3v) is 4.20. The largest absolute Gasteiger partial charge is 0.379 e. The molecule has 0 bridgehead atoms. The lowest BCUT2D eigenvalue weighted by atomic mass is 10.0. The normalized spacial score (nSPS) is 14.0. The molecule has 0 fully saturated rings. The monoisotopic (exact) mass is 365 g/mol. The number of hydrogen-bond donors (Lipinski definition) is 2. The summed E-state index contributed by atoms with van der Waals surface area (Å²) in [5.41, 5.74) is 0. The van der Waals surface area contributed by atoms with Gasteiger partial charge in [-0.05, 0) is 26.2 Å². The van der Waals surface area contributed by atoms with Crippen LogP contribution in [0.2, 0.25) is 0 Å². The molecule has 7 nitrogen and oxygen atoms in total. The van der Waals surface area contributed by atoms with Crippen molar-refractivity contribution in [2.75, 3.05) is 51.5 Å². The Morgan fingerprint density at radius 2 is 1.88 bits per heavy atom. The molecule has 0 aliphatic carbocycles. The van der Waals surface area contributed by atoms with Crippen molar-refractivity contribution in [1.82, 2.24) is 10.6 Å². The average molecular weight is 366 g/mol. The van der Waals surface area contributed by atoms with Crippen molar-refractivity contribution in [3.63, 3.8) is 0 Å². The van der Waals surface area contributed by atoms with E-state index in [1.807, 2.05) is 13.8 Å². The standard InChI is InChI=1S/C16H35N3O4S/c1-6-17-16(18-9-8-15(14(3)4)23-7-2)19-10-11-22-12-13-24(5,20)21/h14-15H,6-13H2,1-5H3,(H2,17,18,19). The summed E-state index contributed by atoms with van der Waals surface area (Å²) in [6.07, 6.45) is 2.31. The molecular weight excluding hydrogens is 330 g/mol. The van der Waals surface area contributed by atoms with Crippen molar-refractivity contribution < 1.29 is 17.9 Å². The van der Waals surface area contributed by atoms with E-state index < -0.39 is 9.84 Å². The third-order valence-electron chi connectivity index (χ3n) is 3.29. The smallest absolute Gasteiger partial charge is 0.191 e. The summed E-state index contributed by atoms with van der Waals surface area (Å²) in [5.74, 6) is 1.26. The van der Waals surface area contributed by atoms with Crippen LogP contribution < -0.4 is 10.6 Å². The number of sulfone groups is 1. The van der Waals surface area contributed by atoms with Gasteiger partial charge in [0, 0.05) is 32.5 Å². The second kappa shape index (κ2) is 13.4. The number of ether oxygens (including phenoxy) is 2. The van der Waals surface area contributed by atoms with Crippen LogP contribution in [0.25, 0.3) is 0 Å². The first kappa shape index (κ1) is 23.1. The molecule has 0 spiro atoms. The predicted octanol–water partition coefficient (Wildman–Crippen LogP) is 1.05. The van der Waals surface area contributed by atoms with Crippen LogP contribution in [0, 0.1) is 5.92 Å². The summed E-state index contributed by atoms with van der Waals surface area (Å²) in [6, 6.07) is 0. The predicted molar refractivity (Wildman–Crippen MR) is 99.4 cm³/mol. The summed E-state index contributed by atoms with van der Waals surface area (Å²) in [4.78, 5) is 4.54. The summed E-state index contributed by atoms with van der Waals surface area (Å²) in [6.45, 7) is 11.7. The van der Waals surface area contributed by atoms with Crippen molar-refractivity contribution in [1.29, 1.82) is 0 Å². The Kier molecular flexibility index (Phi) is 13.0. The molecule has 2 N–H and O–H groups in total. The first-order valence-corrected chi connectivity index (χ1v) is 10.7. The van der Waals surface area contributed by atoms with Crippen LogP contribution >= 0.6 is 0 Å². The van der Waals surface area contributed by atoms with Crippen LogP contribution in [0.4, 0.5) is 0 Å². The molecule has 0 saturated carbocycles. The van der Waals surface area contributed by atoms with Gasteiger partial charge in [0.1, 0.15) is 9.84 Å². The molecule has 0 radical (unpaired) electrons. The van der Waals surface area contributed by atoms with Crippen LogP contribution in [-0.4, -0.2) is 71.9 Å². The number of hydrogen-bond acceptors (Lipinski definition) is 5. The highest BCUT2D eigenvalue weighted by atomic mass is 32.2. The average Bonchev–Trinajstić information content (AvgIpc) is 2.48. The zero-order valence-corrected chi connectivity index (χ0v) is 16.6. The van der Waals surface area contributed by atoms with E-state index >= 15 is 0 Å². The Morgan fingerprint density at radius 3 is 2.42 bits per heavy atom. The van der Waals surface area contributed by atoms with Crippen LogP contribution in [0.5, 0.6) is 0 Å². The van der Waals surface area contributed by atoms with Crippen molar-refractivity contribution in [2.24, 2.45) is 10.9 Å². The van der Waals surface area contributed by atoms with E-state index in [-0.39, 0.29) is 18.5 Å². The van der Waals surface area contributed by atoms with Gasteiger partial charge in [0.25, 0.3) is 0 Å². The van der Waals surface area contributed by atoms with Crippen LogP contribution in [0.1, 0.15) is 34.1 Å². The Labute approximate surface area is 147 Å². The summed E-state index contributed by atoms with van der Waals surface area (Å²) >= 11 is 0. The highest BCUT2D eigenvalue weighted by Crippen LogP contribution is 2.10. The fourth-order valence-corrected chi connectivity index (χ4v) is 2.44. The van der Waals surface area contributed by atoms with E-state index in [2.05, 4.69) is 29.5 Å². The van der Waals surface area contributed by atoms with Crippen LogP contribution in [0.3, 0.4) is 0 Å². The lowest BCUT2D eigenvalue weighted by Gasteiger charge is -2.20. The zero-order chi connectivity index (χ0) is 18.4. The molecule has 0 heterocycles. The van der Waals surface area contributed by atoms with Crippen LogP contribution in [0.15, 0.2) is 4.99 Å². The molecule has 0 aliphatic heterocycles. The third kappa shape index (κ3) is 13.6. The van der Waals surface area contributed by atoms with Gasteiger partial charge in [0.15, 0.2) is 5.96 Å². The summed E-state index contributed by atoms with van der Waals surface area (Å²) in [7, 11) is -2.96. The molecule has 0 rings (SSSR count). The minimum absolute atomic E-state index is 0.0508. The molecule has 0 aromatic heterocycles. The fourth-order valence-electron chi connectivity index (χ4n) is 2.02. The number of nitrogens with zero attached hydrogens (tertiary/aromatic N) is 1. The maximum absolute atomic E-state index is 11.0. The van der Waals surface area contributed by atoms with Gasteiger partial charge in [-0.2, -0.15) is 0 Å². The maximum Gasteiger partial charge on any atom is 0.191 e. The number of guanidine groups is 1. The summed E-state index contributed by atoms with van der Waals surface area (Å²) < 4.78 is 33.0. The number of nitrogens with one attached hydrogen (secondary N) is 2. The Hall–Kier alpha value is -0.860. The second-order valence-corrected chi connectivity index (χ2v) is 8.22. The van der Waals surface area contributed by atoms with E-state index in [4.69, 9.17) is 9.47 Å². The van der Waals surface area contributed by atoms with Crippen molar-refractivity contribution in [3.8, 4) is 0 Å². The van der Waals surface area contributed by atoms with Gasteiger partial charge in [-0.15, -0.1) is 0 Å². The number of rotatable bonds is 13. The van der Waals surface area contributed by atoms with Gasteiger partial charge in [-0.25, -0.2) is 8.42 Å².